The van der Waals surface area contributed by atoms with Crippen molar-refractivity contribution < 1.29 is 0 Å². The van der Waals surface area contributed by atoms with Gasteiger partial charge in [0.15, 0.2) is 0 Å². The van der Waals surface area contributed by atoms with Crippen molar-refractivity contribution in [2.75, 3.05) is 11.1 Å². The molecule has 1 heterocycles. The molecule has 0 bridgehead atoms. The number of hydrogen-bond acceptors (Lipinski definition) is 4. The largest absolute Gasteiger partial charge is 0.368 e. The third kappa shape index (κ3) is 3.03. The van der Waals surface area contributed by atoms with Crippen molar-refractivity contribution in [3.63, 3.8) is 0 Å². The van der Waals surface area contributed by atoms with Crippen molar-refractivity contribution in [3.8, 4) is 0 Å². The highest BCUT2D eigenvalue weighted by atomic mass is 35.5. The molecular formula is C12H12Cl2N4. The Bertz CT molecular complexity index is 539. The van der Waals surface area contributed by atoms with Crippen LogP contribution in [-0.2, 0) is 0 Å². The second kappa shape index (κ2) is 5.42. The maximum atomic E-state index is 6.12. The van der Waals surface area contributed by atoms with Gasteiger partial charge >= 0.3 is 0 Å². The van der Waals surface area contributed by atoms with Gasteiger partial charge < -0.3 is 11.1 Å². The van der Waals surface area contributed by atoms with E-state index in [1.807, 2.05) is 31.2 Å². The topological polar surface area (TPSA) is 63.8 Å². The summed E-state index contributed by atoms with van der Waals surface area (Å²) < 4.78 is 0. The number of nitrogens with one attached hydrogen (secondary N) is 1. The number of nitrogens with zero attached hydrogens (tertiary/aromatic N) is 2. The summed E-state index contributed by atoms with van der Waals surface area (Å²) >= 11 is 11.9. The molecule has 0 fully saturated rings. The number of benzene rings is 1. The van der Waals surface area contributed by atoms with E-state index in [0.29, 0.717) is 16.0 Å². The summed E-state index contributed by atoms with van der Waals surface area (Å²) in [5, 5.41) is 4.18. The molecule has 2 aromatic rings. The Kier molecular flexibility index (Phi) is 3.89. The molecule has 0 saturated heterocycles. The molecule has 0 aliphatic rings. The van der Waals surface area contributed by atoms with Crippen LogP contribution < -0.4 is 11.1 Å². The lowest BCUT2D eigenvalue weighted by Crippen LogP contribution is -2.09. The monoisotopic (exact) mass is 282 g/mol. The van der Waals surface area contributed by atoms with Gasteiger partial charge in [0.1, 0.15) is 11.0 Å². The average Bonchev–Trinajstić information content (AvgIpc) is 2.27. The summed E-state index contributed by atoms with van der Waals surface area (Å²) in [4.78, 5) is 7.86. The van der Waals surface area contributed by atoms with Crippen molar-refractivity contribution in [2.24, 2.45) is 0 Å². The second-order valence-corrected chi connectivity index (χ2v) is 4.62. The van der Waals surface area contributed by atoms with Crippen LogP contribution in [0.3, 0.4) is 0 Å². The quantitative estimate of drug-likeness (QED) is 0.846. The van der Waals surface area contributed by atoms with Gasteiger partial charge in [0.25, 0.3) is 0 Å². The summed E-state index contributed by atoms with van der Waals surface area (Å²) in [6.07, 6.45) is 0. The number of aromatic nitrogens is 2. The van der Waals surface area contributed by atoms with Crippen molar-refractivity contribution in [3.05, 3.63) is 46.1 Å². The van der Waals surface area contributed by atoms with Crippen LogP contribution in [0.1, 0.15) is 18.5 Å². The summed E-state index contributed by atoms with van der Waals surface area (Å²) in [5.74, 6) is 0.705. The molecule has 1 aromatic heterocycles. The molecule has 4 nitrogen and oxygen atoms in total. The van der Waals surface area contributed by atoms with Crippen molar-refractivity contribution in [1.29, 1.82) is 0 Å². The fraction of sp³-hybridized carbons (Fsp3) is 0.167. The van der Waals surface area contributed by atoms with Crippen LogP contribution in [-0.4, -0.2) is 9.97 Å². The van der Waals surface area contributed by atoms with E-state index in [2.05, 4.69) is 15.3 Å². The third-order valence-electron chi connectivity index (χ3n) is 2.45. The molecule has 6 heteroatoms. The van der Waals surface area contributed by atoms with E-state index in [9.17, 15) is 0 Å². The minimum absolute atomic E-state index is 0.0101. The van der Waals surface area contributed by atoms with Crippen LogP contribution in [0.25, 0.3) is 0 Å². The van der Waals surface area contributed by atoms with Gasteiger partial charge in [0.05, 0.1) is 6.04 Å². The molecule has 1 aromatic carbocycles. The summed E-state index contributed by atoms with van der Waals surface area (Å²) in [7, 11) is 0. The Morgan fingerprint density at radius 2 is 1.94 bits per heavy atom. The van der Waals surface area contributed by atoms with E-state index in [0.717, 1.165) is 5.56 Å². The van der Waals surface area contributed by atoms with Gasteiger partial charge in [0.2, 0.25) is 5.95 Å². The highest BCUT2D eigenvalue weighted by Crippen LogP contribution is 2.25. The highest BCUT2D eigenvalue weighted by Gasteiger charge is 2.10. The Hall–Kier alpha value is -1.52. The number of hydrogen-bond donors (Lipinski definition) is 2. The zero-order valence-corrected chi connectivity index (χ0v) is 11.2. The number of nitrogen functional groups attached to an aromatic ring is 1. The van der Waals surface area contributed by atoms with Crippen LogP contribution >= 0.6 is 23.2 Å². The first kappa shape index (κ1) is 12.9. The Morgan fingerprint density at radius 3 is 2.61 bits per heavy atom. The molecule has 0 radical (unpaired) electrons. The first-order chi connectivity index (χ1) is 8.56. The third-order valence-corrected chi connectivity index (χ3v) is 2.99. The molecule has 0 aliphatic heterocycles. The fourth-order valence-corrected chi connectivity index (χ4v) is 2.12. The van der Waals surface area contributed by atoms with Crippen LogP contribution in [0.15, 0.2) is 30.3 Å². The minimum atomic E-state index is -0.0101. The molecule has 0 amide bonds. The standard InChI is InChI=1S/C12H12Cl2N4/c1-7(8-4-2-3-5-9(8)13)16-11-6-10(14)17-12(15)18-11/h2-7H,1H3,(H3,15,16,17,18). The maximum absolute atomic E-state index is 6.12. The summed E-state index contributed by atoms with van der Waals surface area (Å²) in [6.45, 7) is 1.98. The molecule has 2 rings (SSSR count). The van der Waals surface area contributed by atoms with Crippen LogP contribution in [0, 0.1) is 0 Å². The Balaban J connectivity index is 2.21. The molecule has 0 saturated carbocycles. The summed E-state index contributed by atoms with van der Waals surface area (Å²) in [6, 6.07) is 9.22. The van der Waals surface area contributed by atoms with Crippen LogP contribution in [0.5, 0.6) is 0 Å². The van der Waals surface area contributed by atoms with Crippen LogP contribution in [0.2, 0.25) is 10.2 Å². The zero-order valence-electron chi connectivity index (χ0n) is 9.69. The zero-order chi connectivity index (χ0) is 13.1. The van der Waals surface area contributed by atoms with E-state index >= 15 is 0 Å². The van der Waals surface area contributed by atoms with E-state index in [1.54, 1.807) is 6.07 Å². The van der Waals surface area contributed by atoms with Crippen LogP contribution in [0.4, 0.5) is 11.8 Å². The van der Waals surface area contributed by atoms with Crippen molar-refractivity contribution >= 4 is 35.0 Å². The minimum Gasteiger partial charge on any atom is -0.368 e. The van der Waals surface area contributed by atoms with Gasteiger partial charge in [-0.1, -0.05) is 41.4 Å². The first-order valence-electron chi connectivity index (χ1n) is 5.37. The van der Waals surface area contributed by atoms with Gasteiger partial charge in [0, 0.05) is 11.1 Å². The molecule has 18 heavy (non-hydrogen) atoms. The van der Waals surface area contributed by atoms with E-state index in [-0.39, 0.29) is 12.0 Å². The molecule has 1 unspecified atom stereocenters. The highest BCUT2D eigenvalue weighted by molar-refractivity contribution is 6.31. The fourth-order valence-electron chi connectivity index (χ4n) is 1.63. The Morgan fingerprint density at radius 1 is 1.22 bits per heavy atom. The van der Waals surface area contributed by atoms with Crippen molar-refractivity contribution in [2.45, 2.75) is 13.0 Å². The molecule has 1 atom stereocenters. The van der Waals surface area contributed by atoms with Gasteiger partial charge in [-0.25, -0.2) is 4.98 Å². The predicted molar refractivity (Wildman–Crippen MR) is 74.9 cm³/mol. The second-order valence-electron chi connectivity index (χ2n) is 3.82. The van der Waals surface area contributed by atoms with Gasteiger partial charge in [-0.15, -0.1) is 0 Å². The SMILES string of the molecule is CC(Nc1cc(Cl)nc(N)n1)c1ccccc1Cl. The van der Waals surface area contributed by atoms with Gasteiger partial charge in [-0.05, 0) is 18.6 Å². The predicted octanol–water partition coefficient (Wildman–Crippen LogP) is 3.54. The van der Waals surface area contributed by atoms with E-state index in [1.165, 1.54) is 0 Å². The average molecular weight is 283 g/mol. The Labute approximate surface area is 115 Å². The van der Waals surface area contributed by atoms with Crippen molar-refractivity contribution in [1.82, 2.24) is 9.97 Å². The molecule has 3 N–H and O–H groups in total. The van der Waals surface area contributed by atoms with Gasteiger partial charge in [-0.2, -0.15) is 4.98 Å². The lowest BCUT2D eigenvalue weighted by Gasteiger charge is -2.16. The summed E-state index contributed by atoms with van der Waals surface area (Å²) in [5.41, 5.74) is 6.51. The van der Waals surface area contributed by atoms with E-state index in [4.69, 9.17) is 28.9 Å². The lowest BCUT2D eigenvalue weighted by atomic mass is 10.1. The molecule has 0 spiro atoms. The van der Waals surface area contributed by atoms with Gasteiger partial charge in [-0.3, -0.25) is 0 Å². The van der Waals surface area contributed by atoms with E-state index < -0.39 is 0 Å². The lowest BCUT2D eigenvalue weighted by molar-refractivity contribution is 0.873. The number of anilines is 2. The molecule has 0 aliphatic carbocycles. The normalized spacial score (nSPS) is 12.2. The molecular weight excluding hydrogens is 271 g/mol. The smallest absolute Gasteiger partial charge is 0.223 e. The maximum Gasteiger partial charge on any atom is 0.223 e. The first-order valence-corrected chi connectivity index (χ1v) is 6.13. The number of rotatable bonds is 3. The number of nitrogens with two attached hydrogens (primary N) is 1. The molecule has 94 valence electrons. The number of halogens is 2.